The van der Waals surface area contributed by atoms with Crippen molar-refractivity contribution in [2.45, 2.75) is 11.8 Å². The minimum absolute atomic E-state index is 0.0280. The molecule has 8 heteroatoms. The number of anilines is 2. The summed E-state index contributed by atoms with van der Waals surface area (Å²) in [4.78, 5) is 3.68. The number of nitrogen functional groups attached to an aromatic ring is 1. The first kappa shape index (κ1) is 15.0. The third kappa shape index (κ3) is 3.82. The van der Waals surface area contributed by atoms with Gasteiger partial charge in [0.25, 0.3) is 10.0 Å². The first-order chi connectivity index (χ1) is 9.90. The minimum atomic E-state index is -3.93. The number of benzene rings is 1. The van der Waals surface area contributed by atoms with Crippen LogP contribution in [0, 0.1) is 5.82 Å². The van der Waals surface area contributed by atoms with Crippen molar-refractivity contribution in [3.05, 3.63) is 42.3 Å². The molecule has 0 aliphatic rings. The smallest absolute Gasteiger partial charge is 0.262 e. The Morgan fingerprint density at radius 2 is 2.10 bits per heavy atom. The maximum absolute atomic E-state index is 13.2. The van der Waals surface area contributed by atoms with Gasteiger partial charge >= 0.3 is 0 Å². The molecule has 1 heterocycles. The number of nitrogens with one attached hydrogen (secondary N) is 1. The molecule has 0 unspecified atom stereocenters. The van der Waals surface area contributed by atoms with Crippen LogP contribution in [0.2, 0.25) is 0 Å². The molecule has 0 radical (unpaired) electrons. The largest absolute Gasteiger partial charge is 0.478 e. The predicted molar refractivity (Wildman–Crippen MR) is 77.0 cm³/mol. The van der Waals surface area contributed by atoms with Gasteiger partial charge < -0.3 is 10.5 Å². The van der Waals surface area contributed by atoms with Gasteiger partial charge in [-0.15, -0.1) is 0 Å². The molecule has 0 atom stereocenters. The summed E-state index contributed by atoms with van der Waals surface area (Å²) in [6, 6.07) is 6.13. The summed E-state index contributed by atoms with van der Waals surface area (Å²) in [6.07, 6.45) is 1.31. The fourth-order valence-corrected chi connectivity index (χ4v) is 2.74. The summed E-state index contributed by atoms with van der Waals surface area (Å²) in [5, 5.41) is 0. The van der Waals surface area contributed by atoms with Crippen molar-refractivity contribution in [1.29, 1.82) is 0 Å². The number of nitrogens with zero attached hydrogens (tertiary/aromatic N) is 1. The molecular formula is C13H14FN3O3S. The number of hydrogen-bond acceptors (Lipinski definition) is 5. The Morgan fingerprint density at radius 1 is 1.33 bits per heavy atom. The monoisotopic (exact) mass is 311 g/mol. The fourth-order valence-electron chi connectivity index (χ4n) is 1.63. The highest BCUT2D eigenvalue weighted by atomic mass is 32.2. The first-order valence-corrected chi connectivity index (χ1v) is 7.57. The first-order valence-electron chi connectivity index (χ1n) is 6.08. The summed E-state index contributed by atoms with van der Waals surface area (Å²) >= 11 is 0. The summed E-state index contributed by atoms with van der Waals surface area (Å²) in [5.74, 6) is -0.337. The standard InChI is InChI=1S/C13H14FN3O3S/c1-2-20-13-4-3-11(8-16-13)17-21(18,19)12-6-9(14)5-10(15)7-12/h3-8,17H,2,15H2,1H3. The van der Waals surface area contributed by atoms with Gasteiger partial charge in [-0.1, -0.05) is 0 Å². The molecule has 2 aromatic rings. The summed E-state index contributed by atoms with van der Waals surface area (Å²) in [7, 11) is -3.93. The van der Waals surface area contributed by atoms with Crippen LogP contribution >= 0.6 is 0 Å². The predicted octanol–water partition coefficient (Wildman–Crippen LogP) is 2.00. The summed E-state index contributed by atoms with van der Waals surface area (Å²) < 4.78 is 44.9. The summed E-state index contributed by atoms with van der Waals surface area (Å²) in [6.45, 7) is 2.27. The van der Waals surface area contributed by atoms with E-state index in [2.05, 4.69) is 9.71 Å². The highest BCUT2D eigenvalue weighted by Crippen LogP contribution is 2.20. The molecule has 21 heavy (non-hydrogen) atoms. The third-order valence-corrected chi connectivity index (χ3v) is 3.85. The number of halogens is 1. The molecular weight excluding hydrogens is 297 g/mol. The van der Waals surface area contributed by atoms with Crippen LogP contribution in [0.25, 0.3) is 0 Å². The molecule has 1 aromatic heterocycles. The second-order valence-corrected chi connectivity index (χ2v) is 5.83. The van der Waals surface area contributed by atoms with Gasteiger partial charge in [0.1, 0.15) is 5.82 Å². The third-order valence-electron chi connectivity index (χ3n) is 2.48. The molecule has 3 N–H and O–H groups in total. The minimum Gasteiger partial charge on any atom is -0.478 e. The highest BCUT2D eigenvalue weighted by Gasteiger charge is 2.16. The van der Waals surface area contributed by atoms with Gasteiger partial charge in [0.2, 0.25) is 5.88 Å². The van der Waals surface area contributed by atoms with E-state index in [0.29, 0.717) is 12.5 Å². The van der Waals surface area contributed by atoms with Crippen LogP contribution in [0.4, 0.5) is 15.8 Å². The zero-order chi connectivity index (χ0) is 15.5. The van der Waals surface area contributed by atoms with Gasteiger partial charge in [0.05, 0.1) is 23.4 Å². The van der Waals surface area contributed by atoms with E-state index in [-0.39, 0.29) is 16.3 Å². The lowest BCUT2D eigenvalue weighted by molar-refractivity contribution is 0.327. The van der Waals surface area contributed by atoms with Gasteiger partial charge in [-0.05, 0) is 31.2 Å². The number of ether oxygens (including phenoxy) is 1. The molecule has 0 amide bonds. The number of aromatic nitrogens is 1. The lowest BCUT2D eigenvalue weighted by Crippen LogP contribution is -2.13. The van der Waals surface area contributed by atoms with Gasteiger partial charge in [-0.25, -0.2) is 17.8 Å². The normalized spacial score (nSPS) is 11.1. The van der Waals surface area contributed by atoms with Gasteiger partial charge in [0.15, 0.2) is 0 Å². The van der Waals surface area contributed by atoms with Crippen molar-refractivity contribution in [2.75, 3.05) is 17.1 Å². The van der Waals surface area contributed by atoms with Crippen LogP contribution in [0.5, 0.6) is 5.88 Å². The van der Waals surface area contributed by atoms with Crippen LogP contribution in [0.3, 0.4) is 0 Å². The van der Waals surface area contributed by atoms with E-state index in [1.165, 1.54) is 24.4 Å². The van der Waals surface area contributed by atoms with E-state index in [1.807, 2.05) is 6.92 Å². The van der Waals surface area contributed by atoms with E-state index in [4.69, 9.17) is 10.5 Å². The van der Waals surface area contributed by atoms with Crippen molar-refractivity contribution in [3.8, 4) is 5.88 Å². The number of rotatable bonds is 5. The SMILES string of the molecule is CCOc1ccc(NS(=O)(=O)c2cc(N)cc(F)c2)cn1. The molecule has 1 aromatic carbocycles. The van der Waals surface area contributed by atoms with Crippen LogP contribution in [-0.2, 0) is 10.0 Å². The Labute approximate surface area is 121 Å². The fraction of sp³-hybridized carbons (Fsp3) is 0.154. The lowest BCUT2D eigenvalue weighted by Gasteiger charge is -2.09. The van der Waals surface area contributed by atoms with E-state index in [1.54, 1.807) is 0 Å². The maximum Gasteiger partial charge on any atom is 0.262 e. The Hall–Kier alpha value is -2.35. The molecule has 2 rings (SSSR count). The van der Waals surface area contributed by atoms with E-state index in [0.717, 1.165) is 12.1 Å². The van der Waals surface area contributed by atoms with Crippen LogP contribution in [0.1, 0.15) is 6.92 Å². The van der Waals surface area contributed by atoms with Crippen molar-refractivity contribution in [2.24, 2.45) is 0 Å². The quantitative estimate of drug-likeness (QED) is 0.824. The average molecular weight is 311 g/mol. The molecule has 0 saturated carbocycles. The molecule has 0 aliphatic heterocycles. The number of hydrogen-bond donors (Lipinski definition) is 2. The molecule has 0 saturated heterocycles. The Kier molecular flexibility index (Phi) is 4.27. The second kappa shape index (κ2) is 5.96. The second-order valence-electron chi connectivity index (χ2n) is 4.14. The average Bonchev–Trinajstić information content (AvgIpc) is 2.40. The molecule has 0 bridgehead atoms. The van der Waals surface area contributed by atoms with Crippen LogP contribution < -0.4 is 15.2 Å². The van der Waals surface area contributed by atoms with Gasteiger partial charge in [-0.3, -0.25) is 4.72 Å². The van der Waals surface area contributed by atoms with Crippen molar-refractivity contribution < 1.29 is 17.5 Å². The van der Waals surface area contributed by atoms with Crippen molar-refractivity contribution in [1.82, 2.24) is 4.98 Å². The van der Waals surface area contributed by atoms with E-state index in [9.17, 15) is 12.8 Å². The number of sulfonamides is 1. The maximum atomic E-state index is 13.2. The molecule has 0 fully saturated rings. The highest BCUT2D eigenvalue weighted by molar-refractivity contribution is 7.92. The summed E-state index contributed by atoms with van der Waals surface area (Å²) in [5.41, 5.74) is 5.71. The van der Waals surface area contributed by atoms with Crippen molar-refractivity contribution >= 4 is 21.4 Å². The van der Waals surface area contributed by atoms with Crippen molar-refractivity contribution in [3.63, 3.8) is 0 Å². The van der Waals surface area contributed by atoms with E-state index >= 15 is 0 Å². The van der Waals surface area contributed by atoms with E-state index < -0.39 is 15.8 Å². The molecule has 0 aliphatic carbocycles. The number of nitrogens with two attached hydrogens (primary N) is 1. The van der Waals surface area contributed by atoms with Crippen LogP contribution in [0.15, 0.2) is 41.4 Å². The molecule has 112 valence electrons. The lowest BCUT2D eigenvalue weighted by atomic mass is 10.3. The molecule has 0 spiro atoms. The Morgan fingerprint density at radius 3 is 2.67 bits per heavy atom. The van der Waals surface area contributed by atoms with Gasteiger partial charge in [-0.2, -0.15) is 0 Å². The Bertz CT molecular complexity index is 713. The topological polar surface area (TPSA) is 94.3 Å². The zero-order valence-corrected chi connectivity index (χ0v) is 12.0. The Balaban J connectivity index is 2.24. The van der Waals surface area contributed by atoms with Crippen LogP contribution in [-0.4, -0.2) is 20.0 Å². The molecule has 6 nitrogen and oxygen atoms in total. The number of pyridine rings is 1. The van der Waals surface area contributed by atoms with Gasteiger partial charge in [0, 0.05) is 11.8 Å². The zero-order valence-electron chi connectivity index (χ0n) is 11.2.